The maximum Gasteiger partial charge on any atom is 0.416 e. The number of nitrogens with two attached hydrogens (primary N) is 1. The van der Waals surface area contributed by atoms with Crippen molar-refractivity contribution >= 4 is 5.88 Å². The molecule has 1 aromatic heterocycles. The molecule has 17 heavy (non-hydrogen) atoms. The number of hydrogen-bond donors (Lipinski definition) is 1. The minimum Gasteiger partial charge on any atom is -0.368 e. The summed E-state index contributed by atoms with van der Waals surface area (Å²) in [5.74, 6) is 0.0640. The van der Waals surface area contributed by atoms with Crippen LogP contribution in [0.2, 0.25) is 0 Å². The van der Waals surface area contributed by atoms with Crippen LogP contribution in [0.3, 0.4) is 0 Å². The lowest BCUT2D eigenvalue weighted by Crippen LogP contribution is -2.07. The molecular weight excluding hydrogens is 233 g/mol. The average Bonchev–Trinajstić information content (AvgIpc) is 2.64. The molecule has 0 atom stereocenters. The quantitative estimate of drug-likeness (QED) is 0.835. The van der Waals surface area contributed by atoms with Gasteiger partial charge in [0, 0.05) is 11.6 Å². The molecule has 0 spiro atoms. The normalized spacial score (nSPS) is 11.8. The van der Waals surface area contributed by atoms with Gasteiger partial charge >= 0.3 is 6.18 Å². The van der Waals surface area contributed by atoms with Crippen molar-refractivity contribution < 1.29 is 17.7 Å². The van der Waals surface area contributed by atoms with Crippen molar-refractivity contribution in [1.29, 1.82) is 0 Å². The molecule has 0 aliphatic heterocycles. The Bertz CT molecular complexity index is 546. The first-order chi connectivity index (χ1) is 7.88. The molecule has 0 saturated heterocycles. The number of nitrogens with zero attached hydrogens (tertiary/aromatic N) is 1. The van der Waals surface area contributed by atoms with Gasteiger partial charge in [-0.2, -0.15) is 13.2 Å². The number of nitrogen functional groups attached to an aromatic ring is 1. The molecule has 2 N–H and O–H groups in total. The summed E-state index contributed by atoms with van der Waals surface area (Å²) in [6.45, 7) is 1.41. The van der Waals surface area contributed by atoms with E-state index in [-0.39, 0.29) is 17.1 Å². The van der Waals surface area contributed by atoms with Gasteiger partial charge in [0.1, 0.15) is 5.69 Å². The summed E-state index contributed by atoms with van der Waals surface area (Å²) < 4.78 is 42.7. The van der Waals surface area contributed by atoms with Crippen molar-refractivity contribution in [3.8, 4) is 11.3 Å². The zero-order valence-corrected chi connectivity index (χ0v) is 8.88. The Balaban J connectivity index is 2.51. The number of benzene rings is 1. The lowest BCUT2D eigenvalue weighted by atomic mass is 10.0. The number of anilines is 1. The monoisotopic (exact) mass is 242 g/mol. The molecule has 0 aliphatic carbocycles. The molecule has 2 aromatic rings. The van der Waals surface area contributed by atoms with Gasteiger partial charge in [0.05, 0.1) is 5.56 Å². The van der Waals surface area contributed by atoms with E-state index in [0.717, 1.165) is 6.07 Å². The van der Waals surface area contributed by atoms with Gasteiger partial charge in [0.2, 0.25) is 5.88 Å². The summed E-state index contributed by atoms with van der Waals surface area (Å²) in [6, 6.07) is 5.35. The molecule has 0 fully saturated rings. The lowest BCUT2D eigenvalue weighted by Gasteiger charge is -2.10. The molecule has 2 rings (SSSR count). The Labute approximate surface area is 95.0 Å². The Morgan fingerprint density at radius 3 is 2.47 bits per heavy atom. The van der Waals surface area contributed by atoms with Crippen molar-refractivity contribution in [3.05, 3.63) is 35.4 Å². The van der Waals surface area contributed by atoms with E-state index in [9.17, 15) is 13.2 Å². The summed E-state index contributed by atoms with van der Waals surface area (Å²) in [4.78, 5) is 0. The standard InChI is InChI=1S/C11H9F3N2O/c1-6-2-3-7(4-8(6)11(12,13)14)9-5-10(15)17-16-9/h2-5H,15H2,1H3. The van der Waals surface area contributed by atoms with Gasteiger partial charge in [-0.3, -0.25) is 0 Å². The van der Waals surface area contributed by atoms with Gasteiger partial charge in [-0.1, -0.05) is 17.3 Å². The summed E-state index contributed by atoms with van der Waals surface area (Å²) in [5.41, 5.74) is 5.41. The van der Waals surface area contributed by atoms with E-state index in [4.69, 9.17) is 5.73 Å². The molecule has 6 heteroatoms. The van der Waals surface area contributed by atoms with E-state index in [1.807, 2.05) is 0 Å². The zero-order valence-electron chi connectivity index (χ0n) is 8.88. The van der Waals surface area contributed by atoms with Gasteiger partial charge in [-0.25, -0.2) is 0 Å². The van der Waals surface area contributed by atoms with Crippen LogP contribution in [0.1, 0.15) is 11.1 Å². The van der Waals surface area contributed by atoms with E-state index in [1.54, 1.807) is 6.07 Å². The topological polar surface area (TPSA) is 52.0 Å². The fraction of sp³-hybridized carbons (Fsp3) is 0.182. The smallest absolute Gasteiger partial charge is 0.368 e. The molecule has 0 radical (unpaired) electrons. The average molecular weight is 242 g/mol. The van der Waals surface area contributed by atoms with Crippen molar-refractivity contribution in [2.75, 3.05) is 5.73 Å². The van der Waals surface area contributed by atoms with Crippen LogP contribution in [0, 0.1) is 6.92 Å². The molecule has 1 aromatic carbocycles. The Hall–Kier alpha value is -1.98. The Morgan fingerprint density at radius 2 is 1.94 bits per heavy atom. The summed E-state index contributed by atoms with van der Waals surface area (Å²) in [7, 11) is 0. The van der Waals surface area contributed by atoms with Crippen molar-refractivity contribution in [2.24, 2.45) is 0 Å². The van der Waals surface area contributed by atoms with E-state index in [1.165, 1.54) is 19.1 Å². The van der Waals surface area contributed by atoms with Gasteiger partial charge in [-0.15, -0.1) is 0 Å². The number of rotatable bonds is 1. The van der Waals surface area contributed by atoms with Crippen LogP contribution in [-0.2, 0) is 6.18 Å². The first-order valence-corrected chi connectivity index (χ1v) is 4.78. The van der Waals surface area contributed by atoms with Crippen molar-refractivity contribution in [2.45, 2.75) is 13.1 Å². The molecule has 1 heterocycles. The molecule has 0 aliphatic rings. The third-order valence-corrected chi connectivity index (χ3v) is 2.37. The minimum atomic E-state index is -4.38. The SMILES string of the molecule is Cc1ccc(-c2cc(N)on2)cc1C(F)(F)F. The van der Waals surface area contributed by atoms with Crippen LogP contribution in [0.5, 0.6) is 0 Å². The predicted octanol–water partition coefficient (Wildman–Crippen LogP) is 3.25. The van der Waals surface area contributed by atoms with Gasteiger partial charge in [0.25, 0.3) is 0 Å². The van der Waals surface area contributed by atoms with Gasteiger partial charge < -0.3 is 10.3 Å². The first kappa shape index (κ1) is 11.5. The second-order valence-corrected chi connectivity index (χ2v) is 3.64. The fourth-order valence-corrected chi connectivity index (χ4v) is 1.51. The first-order valence-electron chi connectivity index (χ1n) is 4.78. The van der Waals surface area contributed by atoms with Crippen LogP contribution in [0.15, 0.2) is 28.8 Å². The largest absolute Gasteiger partial charge is 0.416 e. The molecule has 0 bridgehead atoms. The van der Waals surface area contributed by atoms with E-state index in [0.29, 0.717) is 5.56 Å². The van der Waals surface area contributed by atoms with Gasteiger partial charge in [-0.05, 0) is 18.6 Å². The maximum atomic E-state index is 12.7. The summed E-state index contributed by atoms with van der Waals surface area (Å²) >= 11 is 0. The highest BCUT2D eigenvalue weighted by Crippen LogP contribution is 2.34. The molecule has 0 saturated carbocycles. The number of halogens is 3. The second kappa shape index (κ2) is 3.80. The molecule has 90 valence electrons. The zero-order chi connectivity index (χ0) is 12.6. The number of hydrogen-bond acceptors (Lipinski definition) is 3. The third-order valence-electron chi connectivity index (χ3n) is 2.37. The van der Waals surface area contributed by atoms with Crippen LogP contribution in [-0.4, -0.2) is 5.16 Å². The molecule has 0 amide bonds. The Morgan fingerprint density at radius 1 is 1.24 bits per heavy atom. The summed E-state index contributed by atoms with van der Waals surface area (Å²) in [6.07, 6.45) is -4.38. The van der Waals surface area contributed by atoms with Crippen LogP contribution in [0.25, 0.3) is 11.3 Å². The molecular formula is C11H9F3N2O. The van der Waals surface area contributed by atoms with Crippen LogP contribution >= 0.6 is 0 Å². The molecule has 3 nitrogen and oxygen atoms in total. The van der Waals surface area contributed by atoms with Crippen LogP contribution < -0.4 is 5.73 Å². The second-order valence-electron chi connectivity index (χ2n) is 3.64. The third kappa shape index (κ3) is 2.25. The lowest BCUT2D eigenvalue weighted by molar-refractivity contribution is -0.138. The maximum absolute atomic E-state index is 12.7. The highest BCUT2D eigenvalue weighted by atomic mass is 19.4. The summed E-state index contributed by atoms with van der Waals surface area (Å²) in [5, 5.41) is 3.57. The van der Waals surface area contributed by atoms with Crippen molar-refractivity contribution in [1.82, 2.24) is 5.16 Å². The predicted molar refractivity (Wildman–Crippen MR) is 56.1 cm³/mol. The highest BCUT2D eigenvalue weighted by Gasteiger charge is 2.32. The number of alkyl halides is 3. The number of aryl methyl sites for hydroxylation is 1. The number of aromatic nitrogens is 1. The van der Waals surface area contributed by atoms with E-state index in [2.05, 4.69) is 9.68 Å². The molecule has 0 unspecified atom stereocenters. The minimum absolute atomic E-state index is 0.0640. The highest BCUT2D eigenvalue weighted by molar-refractivity contribution is 5.63. The van der Waals surface area contributed by atoms with Gasteiger partial charge in [0.15, 0.2) is 0 Å². The Kier molecular flexibility index (Phi) is 2.57. The van der Waals surface area contributed by atoms with E-state index < -0.39 is 11.7 Å². The van der Waals surface area contributed by atoms with Crippen LogP contribution in [0.4, 0.5) is 19.1 Å². The fourth-order valence-electron chi connectivity index (χ4n) is 1.51. The van der Waals surface area contributed by atoms with Crippen molar-refractivity contribution in [3.63, 3.8) is 0 Å². The van der Waals surface area contributed by atoms with E-state index >= 15 is 0 Å².